The van der Waals surface area contributed by atoms with Crippen LogP contribution in [0.2, 0.25) is 0 Å². The monoisotopic (exact) mass is 474 g/mol. The van der Waals surface area contributed by atoms with E-state index in [2.05, 4.69) is 0 Å². The van der Waals surface area contributed by atoms with Crippen LogP contribution in [0.4, 0.5) is 0 Å². The van der Waals surface area contributed by atoms with Gasteiger partial charge in [-0.1, -0.05) is 0 Å². The average molecular weight is 474 g/mol. The molecule has 2 heterocycles. The Hall–Kier alpha value is -3.64. The molecule has 0 spiro atoms. The number of aliphatic hydroxyl groups is 3. The van der Waals surface area contributed by atoms with E-state index in [0.717, 1.165) is 6.07 Å². The van der Waals surface area contributed by atoms with Crippen molar-refractivity contribution in [2.45, 2.75) is 37.6 Å². The molecule has 4 rings (SSSR count). The fourth-order valence-electron chi connectivity index (χ4n) is 3.58. The summed E-state index contributed by atoms with van der Waals surface area (Å²) in [6.45, 7) is 1.54. The van der Waals surface area contributed by atoms with Gasteiger partial charge in [0, 0.05) is 23.8 Å². The van der Waals surface area contributed by atoms with Gasteiger partial charge in [0.1, 0.15) is 52.3 Å². The molecule has 0 radical (unpaired) electrons. The van der Waals surface area contributed by atoms with Crippen LogP contribution in [0.3, 0.4) is 0 Å². The number of ether oxygens (including phenoxy) is 3. The Morgan fingerprint density at radius 3 is 2.38 bits per heavy atom. The van der Waals surface area contributed by atoms with Gasteiger partial charge in [-0.3, -0.25) is 4.79 Å². The van der Waals surface area contributed by atoms with Crippen molar-refractivity contribution >= 4 is 16.9 Å². The van der Waals surface area contributed by atoms with Crippen LogP contribution >= 0.6 is 0 Å². The zero-order valence-corrected chi connectivity index (χ0v) is 17.8. The molecular formula is C23H22O11. The molecule has 1 aliphatic heterocycles. The van der Waals surface area contributed by atoms with E-state index in [9.17, 15) is 35.1 Å². The maximum Gasteiger partial charge on any atom is 0.338 e. The first-order valence-corrected chi connectivity index (χ1v) is 10.3. The minimum atomic E-state index is -1.79. The Balaban J connectivity index is 1.68. The smallest absolute Gasteiger partial charge is 0.338 e. The summed E-state index contributed by atoms with van der Waals surface area (Å²) in [5.41, 5.74) is -0.107. The van der Waals surface area contributed by atoms with Crippen LogP contribution in [-0.2, 0) is 14.3 Å². The Morgan fingerprint density at radius 1 is 1.00 bits per heavy atom. The molecule has 0 bridgehead atoms. The molecule has 2 unspecified atom stereocenters. The highest BCUT2D eigenvalue weighted by Crippen LogP contribution is 2.33. The highest BCUT2D eigenvalue weighted by atomic mass is 16.7. The summed E-state index contributed by atoms with van der Waals surface area (Å²) >= 11 is 0. The molecule has 1 fully saturated rings. The van der Waals surface area contributed by atoms with E-state index in [4.69, 9.17) is 18.6 Å². The van der Waals surface area contributed by atoms with E-state index >= 15 is 0 Å². The first-order valence-electron chi connectivity index (χ1n) is 10.3. The van der Waals surface area contributed by atoms with Crippen LogP contribution in [0, 0.1) is 0 Å². The maximum absolute atomic E-state index is 12.6. The summed E-state index contributed by atoms with van der Waals surface area (Å²) in [5.74, 6) is -1.37. The fourth-order valence-corrected chi connectivity index (χ4v) is 3.58. The van der Waals surface area contributed by atoms with Crippen molar-refractivity contribution in [2.24, 2.45) is 0 Å². The van der Waals surface area contributed by atoms with Gasteiger partial charge in [0.05, 0.1) is 6.61 Å². The van der Waals surface area contributed by atoms with E-state index in [1.807, 2.05) is 0 Å². The van der Waals surface area contributed by atoms with Crippen molar-refractivity contribution in [3.8, 4) is 28.6 Å². The fraction of sp³-hybridized carbons (Fsp3) is 0.304. The lowest BCUT2D eigenvalue weighted by atomic mass is 9.99. The van der Waals surface area contributed by atoms with Gasteiger partial charge < -0.3 is 44.2 Å². The Kier molecular flexibility index (Phi) is 6.44. The molecule has 1 aromatic heterocycles. The first-order chi connectivity index (χ1) is 16.2. The van der Waals surface area contributed by atoms with Crippen molar-refractivity contribution < 1.29 is 49.0 Å². The Bertz CT molecular complexity index is 1250. The van der Waals surface area contributed by atoms with Gasteiger partial charge in [0.15, 0.2) is 11.5 Å². The van der Waals surface area contributed by atoms with Gasteiger partial charge in [-0.2, -0.15) is 0 Å². The largest absolute Gasteiger partial charge is 0.508 e. The van der Waals surface area contributed by atoms with Crippen LogP contribution in [0.5, 0.6) is 17.2 Å². The number of hydrogen-bond acceptors (Lipinski definition) is 11. The number of carbonyl (C=O) groups excluding carboxylic acids is 1. The molecule has 5 atom stereocenters. The number of phenolic OH excluding ortho intramolecular Hbond substituents is 2. The number of rotatable bonds is 5. The molecular weight excluding hydrogens is 452 g/mol. The summed E-state index contributed by atoms with van der Waals surface area (Å²) in [4.78, 5) is 24.6. The van der Waals surface area contributed by atoms with Gasteiger partial charge in [-0.05, 0) is 31.2 Å². The molecule has 11 nitrogen and oxygen atoms in total. The molecule has 34 heavy (non-hydrogen) atoms. The molecule has 0 amide bonds. The van der Waals surface area contributed by atoms with E-state index < -0.39 is 47.9 Å². The predicted octanol–water partition coefficient (Wildman–Crippen LogP) is 0.621. The zero-order valence-electron chi connectivity index (χ0n) is 17.8. The van der Waals surface area contributed by atoms with E-state index in [1.54, 1.807) is 6.92 Å². The Morgan fingerprint density at radius 2 is 1.71 bits per heavy atom. The standard InChI is InChI=1S/C23H22O11/c1-2-31-22(30)21-19(28)18(27)20(29)23(34-21)32-12-7-13(25)17-14(26)9-15(33-16(17)8-12)10-3-5-11(24)6-4-10/h3-9,18-21,23-25,27-29H,2H2,1H3/t18-,19-,20?,21?,23+/m0/s1. The molecule has 1 saturated heterocycles. The van der Waals surface area contributed by atoms with Gasteiger partial charge in [-0.15, -0.1) is 0 Å². The van der Waals surface area contributed by atoms with Gasteiger partial charge in [0.25, 0.3) is 0 Å². The minimum Gasteiger partial charge on any atom is -0.508 e. The lowest BCUT2D eigenvalue weighted by Crippen LogP contribution is -2.61. The minimum absolute atomic E-state index is 0.00344. The van der Waals surface area contributed by atoms with Crippen molar-refractivity contribution in [1.29, 1.82) is 0 Å². The SMILES string of the molecule is CCOC(=O)C1O[C@@H](Oc2cc(O)c3c(=O)cc(-c4ccc(O)cc4)oc3c2)C(O)[C@@H](O)[C@@H]1O. The lowest BCUT2D eigenvalue weighted by Gasteiger charge is -2.38. The highest BCUT2D eigenvalue weighted by Gasteiger charge is 2.48. The average Bonchev–Trinajstić information content (AvgIpc) is 2.79. The highest BCUT2D eigenvalue weighted by molar-refractivity contribution is 5.86. The third-order valence-electron chi connectivity index (χ3n) is 5.28. The summed E-state index contributed by atoms with van der Waals surface area (Å²) in [7, 11) is 0. The van der Waals surface area contributed by atoms with E-state index in [1.165, 1.54) is 36.4 Å². The van der Waals surface area contributed by atoms with Gasteiger partial charge in [-0.25, -0.2) is 4.79 Å². The summed E-state index contributed by atoms with van der Waals surface area (Å²) in [6.07, 6.45) is -8.56. The topological polar surface area (TPSA) is 176 Å². The predicted molar refractivity (Wildman–Crippen MR) is 115 cm³/mol. The third kappa shape index (κ3) is 4.41. The number of benzene rings is 2. The van der Waals surface area contributed by atoms with Gasteiger partial charge >= 0.3 is 5.97 Å². The summed E-state index contributed by atoms with van der Waals surface area (Å²) in [6, 6.07) is 9.42. The number of carbonyl (C=O) groups is 1. The normalized spacial score (nSPS) is 24.6. The number of hydrogen-bond donors (Lipinski definition) is 5. The van der Waals surface area contributed by atoms with Crippen LogP contribution in [-0.4, -0.2) is 68.8 Å². The third-order valence-corrected chi connectivity index (χ3v) is 5.28. The van der Waals surface area contributed by atoms with Crippen LogP contribution in [0.15, 0.2) is 51.7 Å². The quantitative estimate of drug-likeness (QED) is 0.328. The summed E-state index contributed by atoms with van der Waals surface area (Å²) in [5, 5.41) is 50.2. The van der Waals surface area contributed by atoms with Crippen LogP contribution in [0.1, 0.15) is 6.92 Å². The van der Waals surface area contributed by atoms with Crippen molar-refractivity contribution in [2.75, 3.05) is 6.61 Å². The first kappa shape index (κ1) is 23.5. The van der Waals surface area contributed by atoms with Crippen molar-refractivity contribution in [3.63, 3.8) is 0 Å². The van der Waals surface area contributed by atoms with Crippen molar-refractivity contribution in [1.82, 2.24) is 0 Å². The summed E-state index contributed by atoms with van der Waals surface area (Å²) < 4.78 is 21.4. The number of esters is 1. The van der Waals surface area contributed by atoms with E-state index in [0.29, 0.717) is 5.56 Å². The molecule has 2 aromatic carbocycles. The molecule has 0 aliphatic carbocycles. The molecule has 180 valence electrons. The molecule has 1 aliphatic rings. The second-order valence-corrected chi connectivity index (χ2v) is 7.60. The molecule has 11 heteroatoms. The van der Waals surface area contributed by atoms with Crippen LogP contribution in [0.25, 0.3) is 22.3 Å². The number of aliphatic hydroxyl groups excluding tert-OH is 3. The van der Waals surface area contributed by atoms with E-state index in [-0.39, 0.29) is 34.8 Å². The zero-order chi connectivity index (χ0) is 24.6. The van der Waals surface area contributed by atoms with Crippen LogP contribution < -0.4 is 10.2 Å². The van der Waals surface area contributed by atoms with Crippen molar-refractivity contribution in [3.05, 3.63) is 52.7 Å². The lowest BCUT2D eigenvalue weighted by molar-refractivity contribution is -0.272. The second kappa shape index (κ2) is 9.31. The maximum atomic E-state index is 12.6. The Labute approximate surface area is 192 Å². The number of phenols is 2. The number of aromatic hydroxyl groups is 2. The van der Waals surface area contributed by atoms with Gasteiger partial charge in [0.2, 0.25) is 6.29 Å². The second-order valence-electron chi connectivity index (χ2n) is 7.60. The molecule has 5 N–H and O–H groups in total. The molecule has 3 aromatic rings. The number of fused-ring (bicyclic) bond motifs is 1. The molecule has 0 saturated carbocycles.